The van der Waals surface area contributed by atoms with E-state index in [9.17, 15) is 5.11 Å². The van der Waals surface area contributed by atoms with Gasteiger partial charge in [-0.25, -0.2) is 0 Å². The third-order valence-electron chi connectivity index (χ3n) is 2.86. The van der Waals surface area contributed by atoms with Crippen LogP contribution >= 0.6 is 0 Å². The third kappa shape index (κ3) is 5.25. The van der Waals surface area contributed by atoms with Gasteiger partial charge in [-0.2, -0.15) is 0 Å². The minimum absolute atomic E-state index is 0.159. The molecule has 4 heteroatoms. The van der Waals surface area contributed by atoms with Crippen molar-refractivity contribution in [2.24, 2.45) is 0 Å². The van der Waals surface area contributed by atoms with Crippen LogP contribution in [-0.4, -0.2) is 61.5 Å². The Kier molecular flexibility index (Phi) is 6.28. The molecule has 0 spiro atoms. The third-order valence-corrected chi connectivity index (χ3v) is 2.86. The van der Waals surface area contributed by atoms with Crippen LogP contribution in [0.4, 0.5) is 0 Å². The van der Waals surface area contributed by atoms with Crippen molar-refractivity contribution in [2.45, 2.75) is 44.9 Å². The molecule has 2 unspecified atom stereocenters. The summed E-state index contributed by atoms with van der Waals surface area (Å²) < 4.78 is 5.60. The van der Waals surface area contributed by atoms with E-state index < -0.39 is 0 Å². The zero-order valence-electron chi connectivity index (χ0n) is 10.8. The van der Waals surface area contributed by atoms with E-state index in [-0.39, 0.29) is 12.6 Å². The zero-order chi connectivity index (χ0) is 12.0. The first-order chi connectivity index (χ1) is 7.61. The largest absolute Gasteiger partial charge is 0.395 e. The van der Waals surface area contributed by atoms with E-state index in [2.05, 4.69) is 31.1 Å². The van der Waals surface area contributed by atoms with Gasteiger partial charge >= 0.3 is 0 Å². The summed E-state index contributed by atoms with van der Waals surface area (Å²) in [6.07, 6.45) is 2.75. The highest BCUT2D eigenvalue weighted by atomic mass is 16.5. The molecule has 2 N–H and O–H groups in total. The lowest BCUT2D eigenvalue weighted by Crippen LogP contribution is -2.46. The average Bonchev–Trinajstić information content (AvgIpc) is 2.68. The second kappa shape index (κ2) is 7.22. The number of nitrogens with one attached hydrogen (secondary N) is 1. The Morgan fingerprint density at radius 2 is 2.25 bits per heavy atom. The SMILES string of the molecule is CC(C)NC(CO)CN(C)CC1CCCO1. The fourth-order valence-corrected chi connectivity index (χ4v) is 2.22. The molecule has 1 heterocycles. The summed E-state index contributed by atoms with van der Waals surface area (Å²) in [5, 5.41) is 12.6. The molecule has 1 saturated heterocycles. The minimum atomic E-state index is 0.159. The highest BCUT2D eigenvalue weighted by Gasteiger charge is 2.19. The van der Waals surface area contributed by atoms with Crippen LogP contribution in [0.5, 0.6) is 0 Å². The van der Waals surface area contributed by atoms with Gasteiger partial charge in [0.2, 0.25) is 0 Å². The highest BCUT2D eigenvalue weighted by Crippen LogP contribution is 2.12. The molecule has 0 saturated carbocycles. The van der Waals surface area contributed by atoms with E-state index in [1.54, 1.807) is 0 Å². The van der Waals surface area contributed by atoms with Gasteiger partial charge in [-0.3, -0.25) is 0 Å². The van der Waals surface area contributed by atoms with Gasteiger partial charge in [0.05, 0.1) is 12.7 Å². The first kappa shape index (κ1) is 13.9. The highest BCUT2D eigenvalue weighted by molar-refractivity contribution is 4.75. The summed E-state index contributed by atoms with van der Waals surface area (Å²) in [7, 11) is 2.09. The van der Waals surface area contributed by atoms with E-state index >= 15 is 0 Å². The van der Waals surface area contributed by atoms with Crippen LogP contribution in [0.2, 0.25) is 0 Å². The van der Waals surface area contributed by atoms with Crippen molar-refractivity contribution in [1.29, 1.82) is 0 Å². The number of aliphatic hydroxyl groups is 1. The van der Waals surface area contributed by atoms with Gasteiger partial charge in [-0.15, -0.1) is 0 Å². The molecule has 0 radical (unpaired) electrons. The molecule has 0 aromatic carbocycles. The van der Waals surface area contributed by atoms with Crippen molar-refractivity contribution in [2.75, 3.05) is 33.4 Å². The molecule has 1 rings (SSSR count). The molecule has 1 aliphatic rings. The maximum Gasteiger partial charge on any atom is 0.0702 e. The molecule has 0 amide bonds. The van der Waals surface area contributed by atoms with Crippen LogP contribution in [0.15, 0.2) is 0 Å². The summed E-state index contributed by atoms with van der Waals surface area (Å²) in [5.74, 6) is 0. The van der Waals surface area contributed by atoms with Crippen LogP contribution in [0.3, 0.4) is 0 Å². The van der Waals surface area contributed by atoms with Crippen LogP contribution < -0.4 is 5.32 Å². The summed E-state index contributed by atoms with van der Waals surface area (Å²) in [6, 6.07) is 0.569. The summed E-state index contributed by atoms with van der Waals surface area (Å²) in [5.41, 5.74) is 0. The van der Waals surface area contributed by atoms with Crippen molar-refractivity contribution >= 4 is 0 Å². The number of nitrogens with zero attached hydrogens (tertiary/aromatic N) is 1. The maximum absolute atomic E-state index is 9.26. The van der Waals surface area contributed by atoms with Crippen LogP contribution in [0, 0.1) is 0 Å². The average molecular weight is 230 g/mol. The fourth-order valence-electron chi connectivity index (χ4n) is 2.22. The molecule has 4 nitrogen and oxygen atoms in total. The van der Waals surface area contributed by atoms with E-state index in [0.717, 1.165) is 19.7 Å². The van der Waals surface area contributed by atoms with Gasteiger partial charge < -0.3 is 20.1 Å². The number of hydrogen-bond donors (Lipinski definition) is 2. The van der Waals surface area contributed by atoms with Crippen LogP contribution in [0.25, 0.3) is 0 Å². The summed E-state index contributed by atoms with van der Waals surface area (Å²) >= 11 is 0. The second-order valence-electron chi connectivity index (χ2n) is 5.06. The Morgan fingerprint density at radius 1 is 1.50 bits per heavy atom. The Morgan fingerprint density at radius 3 is 2.75 bits per heavy atom. The Labute approximate surface area is 99.0 Å². The Bertz CT molecular complexity index is 182. The summed E-state index contributed by atoms with van der Waals surface area (Å²) in [4.78, 5) is 2.24. The number of likely N-dealkylation sites (N-methyl/N-ethyl adjacent to an activating group) is 1. The lowest BCUT2D eigenvalue weighted by molar-refractivity contribution is 0.0746. The topological polar surface area (TPSA) is 44.7 Å². The quantitative estimate of drug-likeness (QED) is 0.667. The molecule has 96 valence electrons. The predicted molar refractivity (Wildman–Crippen MR) is 65.6 cm³/mol. The van der Waals surface area contributed by atoms with Gasteiger partial charge in [0.1, 0.15) is 0 Å². The number of ether oxygens (including phenoxy) is 1. The molecule has 0 aromatic heterocycles. The van der Waals surface area contributed by atoms with Crippen molar-refractivity contribution in [3.8, 4) is 0 Å². The van der Waals surface area contributed by atoms with Crippen molar-refractivity contribution in [3.05, 3.63) is 0 Å². The van der Waals surface area contributed by atoms with E-state index in [0.29, 0.717) is 12.1 Å². The van der Waals surface area contributed by atoms with Gasteiger partial charge in [0, 0.05) is 31.8 Å². The van der Waals surface area contributed by atoms with Crippen molar-refractivity contribution in [1.82, 2.24) is 10.2 Å². The van der Waals surface area contributed by atoms with Crippen molar-refractivity contribution < 1.29 is 9.84 Å². The number of rotatable bonds is 7. The van der Waals surface area contributed by atoms with Gasteiger partial charge in [0.25, 0.3) is 0 Å². The van der Waals surface area contributed by atoms with Crippen molar-refractivity contribution in [3.63, 3.8) is 0 Å². The molecule has 1 aliphatic heterocycles. The van der Waals surface area contributed by atoms with Gasteiger partial charge in [0.15, 0.2) is 0 Å². The standard InChI is InChI=1S/C12H26N2O2/c1-10(2)13-11(9-15)7-14(3)8-12-5-4-6-16-12/h10-13,15H,4-9H2,1-3H3. The molecule has 0 aliphatic carbocycles. The first-order valence-electron chi connectivity index (χ1n) is 6.29. The van der Waals surface area contributed by atoms with E-state index in [4.69, 9.17) is 4.74 Å². The molecule has 0 aromatic rings. The molecule has 2 atom stereocenters. The molecular weight excluding hydrogens is 204 g/mol. The monoisotopic (exact) mass is 230 g/mol. The Hall–Kier alpha value is -0.160. The smallest absolute Gasteiger partial charge is 0.0702 e. The zero-order valence-corrected chi connectivity index (χ0v) is 10.8. The minimum Gasteiger partial charge on any atom is -0.395 e. The van der Waals surface area contributed by atoms with Crippen LogP contribution in [0.1, 0.15) is 26.7 Å². The van der Waals surface area contributed by atoms with E-state index in [1.807, 2.05) is 0 Å². The Balaban J connectivity index is 2.21. The summed E-state index contributed by atoms with van der Waals surface area (Å²) in [6.45, 7) is 7.14. The maximum atomic E-state index is 9.26. The molecule has 16 heavy (non-hydrogen) atoms. The first-order valence-corrected chi connectivity index (χ1v) is 6.29. The number of hydrogen-bond acceptors (Lipinski definition) is 4. The molecule has 1 fully saturated rings. The normalized spacial score (nSPS) is 23.2. The lowest BCUT2D eigenvalue weighted by atomic mass is 10.2. The predicted octanol–water partition coefficient (Wildman–Crippen LogP) is 0.456. The van der Waals surface area contributed by atoms with E-state index in [1.165, 1.54) is 12.8 Å². The van der Waals surface area contributed by atoms with Gasteiger partial charge in [-0.1, -0.05) is 13.8 Å². The van der Waals surface area contributed by atoms with Gasteiger partial charge in [-0.05, 0) is 19.9 Å². The fraction of sp³-hybridized carbons (Fsp3) is 1.00. The molecule has 0 bridgehead atoms. The number of aliphatic hydroxyl groups excluding tert-OH is 1. The van der Waals surface area contributed by atoms with Crippen LogP contribution in [-0.2, 0) is 4.74 Å². The second-order valence-corrected chi connectivity index (χ2v) is 5.06. The lowest BCUT2D eigenvalue weighted by Gasteiger charge is -2.26. The molecular formula is C12H26N2O2.